The molecule has 3 nitrogen and oxygen atoms in total. The number of aliphatic hydroxyl groups is 1. The van der Waals surface area contributed by atoms with Crippen LogP contribution in [0.4, 0.5) is 22.0 Å². The van der Waals surface area contributed by atoms with Crippen LogP contribution >= 0.6 is 11.6 Å². The van der Waals surface area contributed by atoms with Crippen molar-refractivity contribution in [3.8, 4) is 5.75 Å². The van der Waals surface area contributed by atoms with Crippen molar-refractivity contribution in [2.24, 2.45) is 5.73 Å². The Bertz CT molecular complexity index is 760. The first-order chi connectivity index (χ1) is 12.1. The van der Waals surface area contributed by atoms with E-state index in [9.17, 15) is 27.1 Å². The molecule has 3 N–H and O–H groups in total. The summed E-state index contributed by atoms with van der Waals surface area (Å²) in [7, 11) is 0. The number of nitrogens with two attached hydrogens (primary N) is 1. The molecule has 2 atom stereocenters. The minimum absolute atomic E-state index is 0.0188. The molecule has 0 radical (unpaired) electrons. The lowest BCUT2D eigenvalue weighted by Crippen LogP contribution is -2.33. The highest BCUT2D eigenvalue weighted by Gasteiger charge is 2.44. The third-order valence-corrected chi connectivity index (χ3v) is 3.91. The first kappa shape index (κ1) is 20.4. The van der Waals surface area contributed by atoms with Crippen molar-refractivity contribution in [1.82, 2.24) is 0 Å². The molecule has 2 aromatic rings. The molecular formula is C17H15ClF5NO2. The molecule has 0 aliphatic carbocycles. The lowest BCUT2D eigenvalue weighted by molar-refractivity contribution is -0.253. The lowest BCUT2D eigenvalue weighted by Gasteiger charge is -2.21. The normalized spacial score (nSPS) is 14.3. The molecule has 0 heterocycles. The van der Waals surface area contributed by atoms with Gasteiger partial charge >= 0.3 is 12.5 Å². The fraction of sp³-hybridized carbons (Fsp3) is 0.294. The zero-order valence-corrected chi connectivity index (χ0v) is 13.9. The van der Waals surface area contributed by atoms with Crippen molar-refractivity contribution in [2.45, 2.75) is 31.1 Å². The van der Waals surface area contributed by atoms with Crippen LogP contribution in [0.3, 0.4) is 0 Å². The molecule has 0 aliphatic rings. The summed E-state index contributed by atoms with van der Waals surface area (Å²) < 4.78 is 68.4. The maximum atomic E-state index is 13.7. The molecule has 0 saturated heterocycles. The Labute approximate surface area is 151 Å². The van der Waals surface area contributed by atoms with Gasteiger partial charge in [-0.1, -0.05) is 35.9 Å². The summed E-state index contributed by atoms with van der Waals surface area (Å²) in [6.45, 7) is 0. The van der Waals surface area contributed by atoms with Gasteiger partial charge in [-0.25, -0.2) is 4.39 Å². The molecule has 0 spiro atoms. The number of hydrogen-bond acceptors (Lipinski definition) is 3. The van der Waals surface area contributed by atoms with Gasteiger partial charge in [-0.15, -0.1) is 0 Å². The van der Waals surface area contributed by atoms with Gasteiger partial charge in [-0.05, 0) is 30.2 Å². The van der Waals surface area contributed by atoms with Crippen molar-refractivity contribution in [3.63, 3.8) is 0 Å². The number of aliphatic hydroxyl groups excluding tert-OH is 1. The second-order valence-electron chi connectivity index (χ2n) is 5.56. The zero-order valence-electron chi connectivity index (χ0n) is 13.2. The Balaban J connectivity index is 2.17. The van der Waals surface area contributed by atoms with Gasteiger partial charge in [0.2, 0.25) is 0 Å². The zero-order chi connectivity index (χ0) is 19.5. The van der Waals surface area contributed by atoms with Gasteiger partial charge in [-0.3, -0.25) is 0 Å². The molecule has 0 bridgehead atoms. The summed E-state index contributed by atoms with van der Waals surface area (Å²) in [4.78, 5) is 0. The van der Waals surface area contributed by atoms with Gasteiger partial charge in [0.25, 0.3) is 0 Å². The van der Waals surface area contributed by atoms with Crippen LogP contribution in [0, 0.1) is 5.82 Å². The molecule has 0 aromatic heterocycles. The van der Waals surface area contributed by atoms with Crippen LogP contribution in [-0.2, 0) is 6.42 Å². The van der Waals surface area contributed by atoms with E-state index >= 15 is 0 Å². The number of rotatable bonds is 7. The standard InChI is InChI=1S/C17H15ClF5NO2/c18-11-6-5-9(8-14(11)26-17(22,23)16(20)21)7-13(24)15(25)10-3-1-2-4-12(10)19/h1-6,8,13,15-16,25H,7,24H2. The summed E-state index contributed by atoms with van der Waals surface area (Å²) in [6.07, 6.45) is -10.2. The Morgan fingerprint density at radius 2 is 1.81 bits per heavy atom. The number of ether oxygens (including phenoxy) is 1. The van der Waals surface area contributed by atoms with Crippen molar-refractivity contribution >= 4 is 11.6 Å². The monoisotopic (exact) mass is 395 g/mol. The predicted molar refractivity (Wildman–Crippen MR) is 86.1 cm³/mol. The minimum atomic E-state index is -4.71. The summed E-state index contributed by atoms with van der Waals surface area (Å²) in [6, 6.07) is 8.10. The molecular weight excluding hydrogens is 381 g/mol. The largest absolute Gasteiger partial charge is 0.461 e. The highest BCUT2D eigenvalue weighted by Crippen LogP contribution is 2.33. The van der Waals surface area contributed by atoms with E-state index in [4.69, 9.17) is 17.3 Å². The van der Waals surface area contributed by atoms with E-state index in [2.05, 4.69) is 4.74 Å². The number of alkyl halides is 4. The Morgan fingerprint density at radius 3 is 2.42 bits per heavy atom. The summed E-state index contributed by atoms with van der Waals surface area (Å²) in [5.41, 5.74) is 6.13. The number of halogens is 6. The fourth-order valence-corrected chi connectivity index (χ4v) is 2.43. The van der Waals surface area contributed by atoms with Crippen LogP contribution in [0.15, 0.2) is 42.5 Å². The van der Waals surface area contributed by atoms with E-state index in [1.54, 1.807) is 0 Å². The second-order valence-corrected chi connectivity index (χ2v) is 5.97. The van der Waals surface area contributed by atoms with Gasteiger partial charge < -0.3 is 15.6 Å². The van der Waals surface area contributed by atoms with Crippen LogP contribution in [0.5, 0.6) is 5.75 Å². The van der Waals surface area contributed by atoms with Crippen LogP contribution < -0.4 is 10.5 Å². The molecule has 2 unspecified atom stereocenters. The van der Waals surface area contributed by atoms with Gasteiger partial charge in [0.05, 0.1) is 11.1 Å². The Hall–Kier alpha value is -1.90. The Kier molecular flexibility index (Phi) is 6.44. The van der Waals surface area contributed by atoms with Crippen LogP contribution in [-0.4, -0.2) is 23.7 Å². The van der Waals surface area contributed by atoms with Crippen LogP contribution in [0.1, 0.15) is 17.2 Å². The Morgan fingerprint density at radius 1 is 1.15 bits per heavy atom. The van der Waals surface area contributed by atoms with Crippen molar-refractivity contribution in [1.29, 1.82) is 0 Å². The lowest BCUT2D eigenvalue weighted by atomic mass is 9.96. The second kappa shape index (κ2) is 8.20. The smallest absolute Gasteiger partial charge is 0.427 e. The summed E-state index contributed by atoms with van der Waals surface area (Å²) in [5.74, 6) is -1.30. The molecule has 9 heteroatoms. The quantitative estimate of drug-likeness (QED) is 0.686. The molecule has 142 valence electrons. The van der Waals surface area contributed by atoms with Crippen molar-refractivity contribution in [2.75, 3.05) is 0 Å². The van der Waals surface area contributed by atoms with E-state index in [1.807, 2.05) is 0 Å². The number of benzene rings is 2. The first-order valence-corrected chi connectivity index (χ1v) is 7.81. The average molecular weight is 396 g/mol. The topological polar surface area (TPSA) is 55.5 Å². The molecule has 0 aliphatic heterocycles. The van der Waals surface area contributed by atoms with Crippen molar-refractivity contribution < 1.29 is 31.8 Å². The van der Waals surface area contributed by atoms with E-state index in [-0.39, 0.29) is 22.6 Å². The highest BCUT2D eigenvalue weighted by molar-refractivity contribution is 6.32. The third kappa shape index (κ3) is 4.84. The van der Waals surface area contributed by atoms with Gasteiger partial charge in [-0.2, -0.15) is 17.6 Å². The third-order valence-electron chi connectivity index (χ3n) is 3.60. The molecule has 0 amide bonds. The molecule has 0 saturated carbocycles. The molecule has 2 rings (SSSR count). The van der Waals surface area contributed by atoms with E-state index in [0.717, 1.165) is 12.1 Å². The first-order valence-electron chi connectivity index (χ1n) is 7.43. The maximum Gasteiger partial charge on any atom is 0.461 e. The van der Waals surface area contributed by atoms with E-state index in [0.29, 0.717) is 0 Å². The number of hydrogen-bond donors (Lipinski definition) is 2. The molecule has 26 heavy (non-hydrogen) atoms. The van der Waals surface area contributed by atoms with E-state index < -0.39 is 36.2 Å². The van der Waals surface area contributed by atoms with Crippen molar-refractivity contribution in [3.05, 3.63) is 64.4 Å². The summed E-state index contributed by atoms with van der Waals surface area (Å²) in [5, 5.41) is 9.88. The van der Waals surface area contributed by atoms with Gasteiger partial charge in [0.15, 0.2) is 0 Å². The van der Waals surface area contributed by atoms with E-state index in [1.165, 1.54) is 30.3 Å². The SMILES string of the molecule is NC(Cc1ccc(Cl)c(OC(F)(F)C(F)F)c1)C(O)c1ccccc1F. The van der Waals surface area contributed by atoms with Crippen LogP contribution in [0.2, 0.25) is 5.02 Å². The average Bonchev–Trinajstić information content (AvgIpc) is 2.57. The predicted octanol–water partition coefficient (Wildman–Crippen LogP) is 4.32. The summed E-state index contributed by atoms with van der Waals surface area (Å²) >= 11 is 5.69. The van der Waals surface area contributed by atoms with Gasteiger partial charge in [0, 0.05) is 11.6 Å². The van der Waals surface area contributed by atoms with Crippen LogP contribution in [0.25, 0.3) is 0 Å². The fourth-order valence-electron chi connectivity index (χ4n) is 2.27. The highest BCUT2D eigenvalue weighted by atomic mass is 35.5. The molecule has 0 fully saturated rings. The van der Waals surface area contributed by atoms with Gasteiger partial charge in [0.1, 0.15) is 11.6 Å². The molecule has 2 aromatic carbocycles. The minimum Gasteiger partial charge on any atom is -0.427 e. The maximum absolute atomic E-state index is 13.7.